The molecular formula is C24H27N3O9S. The molecule has 13 heteroatoms. The molecule has 1 fully saturated rings. The summed E-state index contributed by atoms with van der Waals surface area (Å²) in [5.74, 6) is 1.50. The van der Waals surface area contributed by atoms with Crippen molar-refractivity contribution in [2.45, 2.75) is 41.6 Å². The molecule has 2 aromatic rings. The second-order valence-corrected chi connectivity index (χ2v) is 11.0. The van der Waals surface area contributed by atoms with Crippen molar-refractivity contribution < 1.29 is 42.2 Å². The molecule has 2 aromatic carbocycles. The number of carbonyl (C=O) groups excluding carboxylic acids is 1. The highest BCUT2D eigenvalue weighted by atomic mass is 32.2. The Bertz CT molecular complexity index is 1270. The Morgan fingerprint density at radius 2 is 1.89 bits per heavy atom. The SMILES string of the molecule is O=C(NO)C1(S(=O)(=O)c2ccc(OCCCC3N=C(c4ccc5c(c4)OCO5)NO3)cc2)CCOCC1. The van der Waals surface area contributed by atoms with Crippen molar-refractivity contribution >= 4 is 21.6 Å². The van der Waals surface area contributed by atoms with Crippen molar-refractivity contribution in [3.05, 3.63) is 48.0 Å². The van der Waals surface area contributed by atoms with Gasteiger partial charge in [0.2, 0.25) is 6.79 Å². The number of amides is 1. The van der Waals surface area contributed by atoms with Crippen LogP contribution in [0.25, 0.3) is 0 Å². The topological polar surface area (TPSA) is 154 Å². The predicted molar refractivity (Wildman–Crippen MR) is 128 cm³/mol. The normalized spacial score (nSPS) is 20.1. The lowest BCUT2D eigenvalue weighted by Crippen LogP contribution is -2.54. The van der Waals surface area contributed by atoms with Crippen LogP contribution < -0.4 is 25.2 Å². The van der Waals surface area contributed by atoms with Gasteiger partial charge in [0.25, 0.3) is 5.91 Å². The molecule has 1 saturated heterocycles. The molecule has 0 saturated carbocycles. The summed E-state index contributed by atoms with van der Waals surface area (Å²) >= 11 is 0. The zero-order valence-corrected chi connectivity index (χ0v) is 20.7. The lowest BCUT2D eigenvalue weighted by molar-refractivity contribution is -0.134. The summed E-state index contributed by atoms with van der Waals surface area (Å²) in [6.45, 7) is 0.787. The number of rotatable bonds is 9. The van der Waals surface area contributed by atoms with Crippen molar-refractivity contribution in [3.63, 3.8) is 0 Å². The van der Waals surface area contributed by atoms with Gasteiger partial charge in [-0.1, -0.05) is 0 Å². The van der Waals surface area contributed by atoms with Gasteiger partial charge in [-0.05, 0) is 68.1 Å². The monoisotopic (exact) mass is 533 g/mol. The molecule has 1 unspecified atom stereocenters. The number of nitrogens with zero attached hydrogens (tertiary/aromatic N) is 1. The maximum Gasteiger partial charge on any atom is 0.265 e. The van der Waals surface area contributed by atoms with Gasteiger partial charge in [0.05, 0.1) is 11.5 Å². The molecule has 0 spiro atoms. The van der Waals surface area contributed by atoms with Crippen molar-refractivity contribution in [1.82, 2.24) is 11.0 Å². The zero-order chi connectivity index (χ0) is 25.9. The van der Waals surface area contributed by atoms with Crippen molar-refractivity contribution in [2.24, 2.45) is 4.99 Å². The third-order valence-corrected chi connectivity index (χ3v) is 9.05. The molecule has 3 heterocycles. The molecule has 5 rings (SSSR count). The third-order valence-electron chi connectivity index (χ3n) is 6.54. The molecule has 0 aliphatic carbocycles. The molecule has 0 radical (unpaired) electrons. The highest BCUT2D eigenvalue weighted by Crippen LogP contribution is 2.36. The van der Waals surface area contributed by atoms with Gasteiger partial charge in [0.15, 0.2) is 38.1 Å². The predicted octanol–water partition coefficient (Wildman–Crippen LogP) is 1.71. The summed E-state index contributed by atoms with van der Waals surface area (Å²) in [6.07, 6.45) is 0.789. The number of aliphatic imine (C=N–C) groups is 1. The van der Waals surface area contributed by atoms with Crippen molar-refractivity contribution in [1.29, 1.82) is 0 Å². The number of carbonyl (C=O) groups is 1. The summed E-state index contributed by atoms with van der Waals surface area (Å²) in [4.78, 5) is 22.4. The summed E-state index contributed by atoms with van der Waals surface area (Å²) in [5.41, 5.74) is 5.18. The van der Waals surface area contributed by atoms with Crippen LogP contribution in [0.1, 0.15) is 31.2 Å². The number of hydrogen-bond donors (Lipinski definition) is 3. The van der Waals surface area contributed by atoms with Crippen LogP contribution >= 0.6 is 0 Å². The number of amidine groups is 1. The van der Waals surface area contributed by atoms with E-state index >= 15 is 0 Å². The Kier molecular flexibility index (Phi) is 7.20. The molecule has 3 aliphatic heterocycles. The van der Waals surface area contributed by atoms with Crippen LogP contribution in [0.5, 0.6) is 17.2 Å². The largest absolute Gasteiger partial charge is 0.494 e. The van der Waals surface area contributed by atoms with E-state index in [-0.39, 0.29) is 44.0 Å². The fourth-order valence-electron chi connectivity index (χ4n) is 4.43. The highest BCUT2D eigenvalue weighted by Gasteiger charge is 2.52. The van der Waals surface area contributed by atoms with Crippen LogP contribution in [0.3, 0.4) is 0 Å². The molecule has 0 aromatic heterocycles. The van der Waals surface area contributed by atoms with Crippen LogP contribution in [-0.2, 0) is 24.2 Å². The maximum atomic E-state index is 13.3. The minimum Gasteiger partial charge on any atom is -0.494 e. The molecular weight excluding hydrogens is 506 g/mol. The first-order valence-electron chi connectivity index (χ1n) is 11.8. The average Bonchev–Trinajstić information content (AvgIpc) is 3.60. The van der Waals surface area contributed by atoms with E-state index in [0.717, 1.165) is 5.56 Å². The van der Waals surface area contributed by atoms with E-state index in [4.69, 9.17) is 29.0 Å². The lowest BCUT2D eigenvalue weighted by atomic mass is 9.98. The second-order valence-electron chi connectivity index (χ2n) is 8.73. The van der Waals surface area contributed by atoms with Crippen LogP contribution in [0.2, 0.25) is 0 Å². The standard InChI is InChI=1S/C24H27N3O9S/c28-23(26-29)24(9-12-32-13-10-24)37(30,31)18-6-4-17(5-7-18)33-11-1-2-21-25-22(27-36-21)16-3-8-19-20(14-16)35-15-34-19/h3-8,14,21,29H,1-2,9-13,15H2,(H,25,27)(H,26,28). The van der Waals surface area contributed by atoms with E-state index in [1.165, 1.54) is 17.6 Å². The smallest absolute Gasteiger partial charge is 0.265 e. The highest BCUT2D eigenvalue weighted by molar-refractivity contribution is 7.93. The van der Waals surface area contributed by atoms with Crippen LogP contribution in [0, 0.1) is 0 Å². The molecule has 198 valence electrons. The van der Waals surface area contributed by atoms with Gasteiger partial charge >= 0.3 is 0 Å². The van der Waals surface area contributed by atoms with E-state index in [2.05, 4.69) is 10.5 Å². The van der Waals surface area contributed by atoms with E-state index < -0.39 is 20.5 Å². The summed E-state index contributed by atoms with van der Waals surface area (Å²) < 4.78 is 46.5. The number of nitrogens with one attached hydrogen (secondary N) is 2. The number of hydrogen-bond acceptors (Lipinski definition) is 11. The maximum absolute atomic E-state index is 13.3. The van der Waals surface area contributed by atoms with E-state index in [1.807, 2.05) is 18.2 Å². The minimum absolute atomic E-state index is 0.0267. The molecule has 37 heavy (non-hydrogen) atoms. The van der Waals surface area contributed by atoms with Gasteiger partial charge < -0.3 is 18.9 Å². The Morgan fingerprint density at radius 1 is 1.14 bits per heavy atom. The Balaban J connectivity index is 1.14. The van der Waals surface area contributed by atoms with Crippen molar-refractivity contribution in [2.75, 3.05) is 26.6 Å². The van der Waals surface area contributed by atoms with Gasteiger partial charge in [-0.15, -0.1) is 0 Å². The number of benzene rings is 2. The number of fused-ring (bicyclic) bond motifs is 1. The van der Waals surface area contributed by atoms with E-state index in [9.17, 15) is 13.2 Å². The minimum atomic E-state index is -4.08. The zero-order valence-electron chi connectivity index (χ0n) is 19.8. The Labute approximate surface area is 213 Å². The summed E-state index contributed by atoms with van der Waals surface area (Å²) in [5, 5.41) is 9.16. The van der Waals surface area contributed by atoms with Gasteiger partial charge in [-0.3, -0.25) is 10.0 Å². The summed E-state index contributed by atoms with van der Waals surface area (Å²) in [6, 6.07) is 11.4. The molecule has 3 N–H and O–H groups in total. The van der Waals surface area contributed by atoms with Gasteiger partial charge in [0, 0.05) is 18.8 Å². The fraction of sp³-hybridized carbons (Fsp3) is 0.417. The molecule has 1 amide bonds. The van der Waals surface area contributed by atoms with Gasteiger partial charge in [0.1, 0.15) is 5.75 Å². The van der Waals surface area contributed by atoms with Crippen LogP contribution in [-0.4, -0.2) is 63.0 Å². The summed E-state index contributed by atoms with van der Waals surface area (Å²) in [7, 11) is -4.08. The molecule has 12 nitrogen and oxygen atoms in total. The van der Waals surface area contributed by atoms with Gasteiger partial charge in [-0.25, -0.2) is 29.2 Å². The van der Waals surface area contributed by atoms with Gasteiger partial charge in [-0.2, -0.15) is 0 Å². The first-order valence-corrected chi connectivity index (χ1v) is 13.3. The Hall–Kier alpha value is -3.39. The second kappa shape index (κ2) is 10.5. The first kappa shape index (κ1) is 25.3. The first-order chi connectivity index (χ1) is 17.9. The molecule has 3 aliphatic rings. The molecule has 1 atom stereocenters. The van der Waals surface area contributed by atoms with Crippen LogP contribution in [0.4, 0.5) is 0 Å². The lowest BCUT2D eigenvalue weighted by Gasteiger charge is -2.34. The Morgan fingerprint density at radius 3 is 2.65 bits per heavy atom. The number of ether oxygens (including phenoxy) is 4. The van der Waals surface area contributed by atoms with E-state index in [0.29, 0.717) is 42.5 Å². The quantitative estimate of drug-likeness (QED) is 0.247. The van der Waals surface area contributed by atoms with Crippen molar-refractivity contribution in [3.8, 4) is 17.2 Å². The fourth-order valence-corrected chi connectivity index (χ4v) is 6.37. The average molecular weight is 534 g/mol. The van der Waals surface area contributed by atoms with Crippen LogP contribution in [0.15, 0.2) is 52.4 Å². The molecule has 0 bridgehead atoms. The number of hydroxylamine groups is 2. The van der Waals surface area contributed by atoms with E-state index in [1.54, 1.807) is 12.1 Å². The third kappa shape index (κ3) is 4.94. The number of sulfone groups is 1.